The second-order valence-electron chi connectivity index (χ2n) is 7.63. The number of hydrogen-bond donors (Lipinski definition) is 0. The third kappa shape index (κ3) is 6.74. The SMILES string of the molecule is C=Cc1ccccc1S(=O)(=O)[O-].C[P+](c1ccc(Cl)cc1)(c1ccc(Cl)cc1)c1ccc(Cl)cc1. The predicted molar refractivity (Wildman–Crippen MR) is 151 cm³/mol. The van der Waals surface area contributed by atoms with Gasteiger partial charge in [-0.05, 0) is 84.4 Å². The maximum Gasteiger partial charge on any atom is 0.125 e. The quantitative estimate of drug-likeness (QED) is 0.198. The fourth-order valence-electron chi connectivity index (χ4n) is 3.54. The van der Waals surface area contributed by atoms with E-state index < -0.39 is 17.4 Å². The lowest BCUT2D eigenvalue weighted by Crippen LogP contribution is -2.30. The van der Waals surface area contributed by atoms with E-state index in [2.05, 4.69) is 49.6 Å². The highest BCUT2D eigenvalue weighted by Gasteiger charge is 2.40. The Morgan fingerprint density at radius 2 is 1.03 bits per heavy atom. The second-order valence-corrected chi connectivity index (χ2v) is 13.9. The van der Waals surface area contributed by atoms with Crippen LogP contribution in [0.2, 0.25) is 15.1 Å². The van der Waals surface area contributed by atoms with Crippen LogP contribution in [0.25, 0.3) is 6.08 Å². The summed E-state index contributed by atoms with van der Waals surface area (Å²) in [6, 6.07) is 30.3. The van der Waals surface area contributed by atoms with E-state index in [0.29, 0.717) is 5.56 Å². The normalized spacial score (nSPS) is 11.3. The van der Waals surface area contributed by atoms with E-state index in [1.807, 2.05) is 36.4 Å². The average Bonchev–Trinajstić information content (AvgIpc) is 2.85. The zero-order valence-corrected chi connectivity index (χ0v) is 22.7. The summed E-state index contributed by atoms with van der Waals surface area (Å²) >= 11 is 18.2. The van der Waals surface area contributed by atoms with Gasteiger partial charge in [0.2, 0.25) is 0 Å². The van der Waals surface area contributed by atoms with Gasteiger partial charge in [-0.25, -0.2) is 8.42 Å². The highest BCUT2D eigenvalue weighted by atomic mass is 35.5. The zero-order chi connectivity index (χ0) is 25.6. The topological polar surface area (TPSA) is 57.2 Å². The van der Waals surface area contributed by atoms with Crippen LogP contribution in [0.15, 0.2) is 109 Å². The van der Waals surface area contributed by atoms with Gasteiger partial charge < -0.3 is 4.55 Å². The van der Waals surface area contributed by atoms with Crippen LogP contribution in [0.4, 0.5) is 0 Å². The summed E-state index contributed by atoms with van der Waals surface area (Å²) in [6.45, 7) is 5.71. The van der Waals surface area contributed by atoms with Gasteiger partial charge >= 0.3 is 0 Å². The lowest BCUT2D eigenvalue weighted by atomic mass is 10.2. The van der Waals surface area contributed by atoms with Crippen LogP contribution in [-0.4, -0.2) is 19.6 Å². The number of halogens is 3. The Balaban J connectivity index is 0.000000241. The molecule has 0 saturated carbocycles. The van der Waals surface area contributed by atoms with Crippen molar-refractivity contribution < 1.29 is 13.0 Å². The highest BCUT2D eigenvalue weighted by Crippen LogP contribution is 2.51. The van der Waals surface area contributed by atoms with E-state index >= 15 is 0 Å². The van der Waals surface area contributed by atoms with Crippen LogP contribution < -0.4 is 15.9 Å². The Bertz CT molecular complexity index is 1290. The summed E-state index contributed by atoms with van der Waals surface area (Å²) in [5.41, 5.74) is 0.340. The molecule has 0 aliphatic carbocycles. The molecule has 0 unspecified atom stereocenters. The van der Waals surface area contributed by atoms with Crippen LogP contribution in [0.5, 0.6) is 0 Å². The standard InChI is InChI=1S/C19H15Cl3P.C8H8O3S/c1-23(17-8-2-14(20)3-9-17,18-10-4-15(21)5-11-18)19-12-6-16(22)7-13-19;1-2-7-5-3-4-6-8(7)12(9,10)11/h2-13H,1H3;2-6H,1H2,(H,9,10,11)/q+1;/p-1. The average molecular weight is 564 g/mol. The first-order chi connectivity index (χ1) is 16.6. The van der Waals surface area contributed by atoms with Crippen molar-refractivity contribution in [2.75, 3.05) is 6.66 Å². The minimum Gasteiger partial charge on any atom is -0.744 e. The third-order valence-electron chi connectivity index (χ3n) is 5.44. The van der Waals surface area contributed by atoms with Gasteiger partial charge in [0.25, 0.3) is 0 Å². The van der Waals surface area contributed by atoms with Gasteiger partial charge in [0.1, 0.15) is 33.3 Å². The second kappa shape index (κ2) is 11.7. The summed E-state index contributed by atoms with van der Waals surface area (Å²) in [7, 11) is -6.13. The number of benzene rings is 4. The number of rotatable bonds is 5. The molecular weight excluding hydrogens is 542 g/mol. The molecule has 4 rings (SSSR count). The van der Waals surface area contributed by atoms with Gasteiger partial charge in [-0.2, -0.15) is 0 Å². The molecule has 35 heavy (non-hydrogen) atoms. The highest BCUT2D eigenvalue weighted by molar-refractivity contribution is 7.95. The van der Waals surface area contributed by atoms with Gasteiger partial charge in [-0.3, -0.25) is 0 Å². The fraction of sp³-hybridized carbons (Fsp3) is 0.0370. The maximum atomic E-state index is 10.6. The molecule has 0 aliphatic rings. The first-order valence-corrected chi connectivity index (χ1v) is 15.2. The molecule has 8 heteroatoms. The van der Waals surface area contributed by atoms with Crippen molar-refractivity contribution in [3.8, 4) is 0 Å². The molecule has 0 bridgehead atoms. The third-order valence-corrected chi connectivity index (χ3v) is 11.1. The molecule has 0 aromatic heterocycles. The molecule has 0 spiro atoms. The van der Waals surface area contributed by atoms with Crippen LogP contribution in [-0.2, 0) is 10.1 Å². The Kier molecular flexibility index (Phi) is 9.17. The minimum absolute atomic E-state index is 0.222. The summed E-state index contributed by atoms with van der Waals surface area (Å²) in [6.07, 6.45) is 1.34. The molecule has 0 saturated heterocycles. The van der Waals surface area contributed by atoms with E-state index in [0.717, 1.165) is 15.1 Å². The Labute approximate surface area is 222 Å². The monoisotopic (exact) mass is 562 g/mol. The van der Waals surface area contributed by atoms with Gasteiger partial charge in [0.05, 0.1) is 11.6 Å². The molecular formula is C27H22Cl3O3PS. The van der Waals surface area contributed by atoms with Crippen LogP contribution in [0.1, 0.15) is 5.56 Å². The minimum atomic E-state index is -4.37. The Morgan fingerprint density at radius 3 is 1.31 bits per heavy atom. The lowest BCUT2D eigenvalue weighted by Gasteiger charge is -2.23. The largest absolute Gasteiger partial charge is 0.744 e. The molecule has 0 N–H and O–H groups in total. The number of hydrogen-bond acceptors (Lipinski definition) is 3. The van der Waals surface area contributed by atoms with Gasteiger partial charge in [0.15, 0.2) is 0 Å². The van der Waals surface area contributed by atoms with Gasteiger partial charge in [-0.1, -0.05) is 65.7 Å². The van der Waals surface area contributed by atoms with E-state index in [-0.39, 0.29) is 4.90 Å². The first kappa shape index (κ1) is 27.4. The lowest BCUT2D eigenvalue weighted by molar-refractivity contribution is 0.463. The Morgan fingerprint density at radius 1 is 0.686 bits per heavy atom. The zero-order valence-electron chi connectivity index (χ0n) is 18.7. The molecule has 0 radical (unpaired) electrons. The predicted octanol–water partition coefficient (Wildman–Crippen LogP) is 6.80. The van der Waals surface area contributed by atoms with Crippen molar-refractivity contribution in [3.63, 3.8) is 0 Å². The van der Waals surface area contributed by atoms with E-state index in [4.69, 9.17) is 34.8 Å². The summed E-state index contributed by atoms with van der Waals surface area (Å²) in [4.78, 5) is -0.222. The maximum absolute atomic E-state index is 10.6. The van der Waals surface area contributed by atoms with Crippen molar-refractivity contribution in [1.29, 1.82) is 0 Å². The van der Waals surface area contributed by atoms with Crippen molar-refractivity contribution in [3.05, 3.63) is 124 Å². The molecule has 180 valence electrons. The molecule has 4 aromatic carbocycles. The summed E-state index contributed by atoms with van der Waals surface area (Å²) < 4.78 is 31.8. The smallest absolute Gasteiger partial charge is 0.125 e. The molecule has 0 heterocycles. The molecule has 0 aliphatic heterocycles. The molecule has 0 fully saturated rings. The van der Waals surface area contributed by atoms with Crippen molar-refractivity contribution in [1.82, 2.24) is 0 Å². The summed E-state index contributed by atoms with van der Waals surface area (Å²) in [5.74, 6) is 0. The summed E-state index contributed by atoms with van der Waals surface area (Å²) in [5, 5.41) is 6.04. The van der Waals surface area contributed by atoms with Gasteiger partial charge in [0, 0.05) is 15.1 Å². The van der Waals surface area contributed by atoms with Gasteiger partial charge in [-0.15, -0.1) is 0 Å². The van der Waals surface area contributed by atoms with Crippen molar-refractivity contribution in [2.24, 2.45) is 0 Å². The fourth-order valence-corrected chi connectivity index (χ4v) is 7.74. The van der Waals surface area contributed by atoms with Crippen LogP contribution in [0.3, 0.4) is 0 Å². The first-order valence-electron chi connectivity index (χ1n) is 10.4. The van der Waals surface area contributed by atoms with Crippen LogP contribution >= 0.6 is 42.1 Å². The van der Waals surface area contributed by atoms with Crippen molar-refractivity contribution in [2.45, 2.75) is 4.90 Å². The van der Waals surface area contributed by atoms with E-state index in [1.54, 1.807) is 6.07 Å². The van der Waals surface area contributed by atoms with E-state index in [9.17, 15) is 13.0 Å². The van der Waals surface area contributed by atoms with E-state index in [1.165, 1.54) is 40.2 Å². The van der Waals surface area contributed by atoms with Crippen molar-refractivity contribution >= 4 is 74.2 Å². The Hall–Kier alpha value is -2.17. The molecule has 4 aromatic rings. The molecule has 0 amide bonds. The molecule has 0 atom stereocenters. The van der Waals surface area contributed by atoms with Crippen LogP contribution in [0, 0.1) is 0 Å². The molecule has 3 nitrogen and oxygen atoms in total.